The number of guanidine groups is 1. The normalized spacial score (nSPS) is 12.0. The highest BCUT2D eigenvalue weighted by Crippen LogP contribution is 2.09. The van der Waals surface area contributed by atoms with E-state index in [9.17, 15) is 4.79 Å². The van der Waals surface area contributed by atoms with Crippen molar-refractivity contribution in [1.29, 1.82) is 0 Å². The Kier molecular flexibility index (Phi) is 8.15. The highest BCUT2D eigenvalue weighted by atomic mass is 16.6. The Morgan fingerprint density at radius 1 is 1.33 bits per heavy atom. The lowest BCUT2D eigenvalue weighted by Gasteiger charge is -2.26. The molecule has 0 atom stereocenters. The van der Waals surface area contributed by atoms with E-state index in [0.29, 0.717) is 25.6 Å². The molecule has 0 unspecified atom stereocenters. The molecular weight excluding hydrogens is 308 g/mol. The minimum Gasteiger partial charge on any atom is -0.469 e. The molecule has 2 N–H and O–H groups in total. The predicted molar refractivity (Wildman–Crippen MR) is 95.3 cm³/mol. The van der Waals surface area contributed by atoms with Crippen LogP contribution < -0.4 is 10.6 Å². The summed E-state index contributed by atoms with van der Waals surface area (Å²) in [6, 6.07) is 3.82. The second kappa shape index (κ2) is 9.85. The number of rotatable bonds is 7. The van der Waals surface area contributed by atoms with Gasteiger partial charge in [0.2, 0.25) is 0 Å². The van der Waals surface area contributed by atoms with Crippen molar-refractivity contribution in [3.63, 3.8) is 0 Å². The summed E-state index contributed by atoms with van der Waals surface area (Å²) in [7, 11) is 1.72. The van der Waals surface area contributed by atoms with Crippen LogP contribution in [0, 0.1) is 0 Å². The maximum atomic E-state index is 12.1. The van der Waals surface area contributed by atoms with Crippen molar-refractivity contribution in [2.45, 2.75) is 39.7 Å². The summed E-state index contributed by atoms with van der Waals surface area (Å²) in [6.45, 7) is 9.97. The zero-order valence-corrected chi connectivity index (χ0v) is 15.4. The van der Waals surface area contributed by atoms with Gasteiger partial charge in [0, 0.05) is 39.6 Å². The van der Waals surface area contributed by atoms with Crippen LogP contribution in [0.2, 0.25) is 0 Å². The van der Waals surface area contributed by atoms with Gasteiger partial charge in [-0.3, -0.25) is 4.99 Å². The third-order valence-corrected chi connectivity index (χ3v) is 3.18. The van der Waals surface area contributed by atoms with Crippen molar-refractivity contribution < 1.29 is 13.9 Å². The fraction of sp³-hybridized carbons (Fsp3) is 0.647. The zero-order valence-electron chi connectivity index (χ0n) is 15.4. The number of likely N-dealkylation sites (N-methyl/N-ethyl adjacent to an activating group) is 1. The Bertz CT molecular complexity index is 506. The molecule has 0 radical (unpaired) electrons. The maximum absolute atomic E-state index is 12.1. The lowest BCUT2D eigenvalue weighted by Crippen LogP contribution is -2.44. The molecule has 24 heavy (non-hydrogen) atoms. The number of aliphatic imine (C=N–C) groups is 1. The van der Waals surface area contributed by atoms with Gasteiger partial charge in [0.05, 0.1) is 6.26 Å². The molecule has 1 heterocycles. The van der Waals surface area contributed by atoms with Crippen molar-refractivity contribution in [2.24, 2.45) is 4.99 Å². The second-order valence-corrected chi connectivity index (χ2v) is 6.32. The average molecular weight is 338 g/mol. The summed E-state index contributed by atoms with van der Waals surface area (Å²) in [6.07, 6.45) is 2.15. The lowest BCUT2D eigenvalue weighted by atomic mass is 10.2. The fourth-order valence-electron chi connectivity index (χ4n) is 1.99. The van der Waals surface area contributed by atoms with Gasteiger partial charge in [0.25, 0.3) is 0 Å². The van der Waals surface area contributed by atoms with Gasteiger partial charge in [-0.05, 0) is 39.8 Å². The maximum Gasteiger partial charge on any atom is 0.410 e. The van der Waals surface area contributed by atoms with Crippen molar-refractivity contribution >= 4 is 12.1 Å². The summed E-state index contributed by atoms with van der Waals surface area (Å²) in [5.41, 5.74) is -0.485. The average Bonchev–Trinajstić information content (AvgIpc) is 3.01. The van der Waals surface area contributed by atoms with Gasteiger partial charge in [-0.2, -0.15) is 0 Å². The van der Waals surface area contributed by atoms with Crippen LogP contribution in [0.5, 0.6) is 0 Å². The molecule has 0 aliphatic rings. The van der Waals surface area contributed by atoms with E-state index >= 15 is 0 Å². The van der Waals surface area contributed by atoms with E-state index in [4.69, 9.17) is 9.15 Å². The molecule has 0 fully saturated rings. The van der Waals surface area contributed by atoms with Crippen LogP contribution in [0.3, 0.4) is 0 Å². The lowest BCUT2D eigenvalue weighted by molar-refractivity contribution is 0.0264. The van der Waals surface area contributed by atoms with E-state index in [1.807, 2.05) is 39.8 Å². The second-order valence-electron chi connectivity index (χ2n) is 6.32. The summed E-state index contributed by atoms with van der Waals surface area (Å²) in [4.78, 5) is 17.9. The number of furan rings is 1. The van der Waals surface area contributed by atoms with Gasteiger partial charge in [-0.25, -0.2) is 4.79 Å². The SMILES string of the molecule is CCN(CCNC(=NC)NCCc1ccco1)C(=O)OC(C)(C)C. The molecule has 0 aliphatic carbocycles. The summed E-state index contributed by atoms with van der Waals surface area (Å²) >= 11 is 0. The van der Waals surface area contributed by atoms with Gasteiger partial charge in [0.1, 0.15) is 11.4 Å². The van der Waals surface area contributed by atoms with Crippen LogP contribution in [-0.4, -0.2) is 55.8 Å². The third-order valence-electron chi connectivity index (χ3n) is 3.18. The molecule has 0 saturated carbocycles. The van der Waals surface area contributed by atoms with Gasteiger partial charge >= 0.3 is 6.09 Å². The smallest absolute Gasteiger partial charge is 0.410 e. The number of carbonyl (C=O) groups excluding carboxylic acids is 1. The number of carbonyl (C=O) groups is 1. The largest absolute Gasteiger partial charge is 0.469 e. The molecule has 1 amide bonds. The number of hydrogen-bond donors (Lipinski definition) is 2. The quantitative estimate of drug-likeness (QED) is 0.589. The molecule has 7 heteroatoms. The number of nitrogens with one attached hydrogen (secondary N) is 2. The molecule has 1 rings (SSSR count). The highest BCUT2D eigenvalue weighted by molar-refractivity contribution is 5.79. The first-order valence-corrected chi connectivity index (χ1v) is 8.30. The Morgan fingerprint density at radius 3 is 2.58 bits per heavy atom. The number of hydrogen-bond acceptors (Lipinski definition) is 4. The van der Waals surface area contributed by atoms with Crippen LogP contribution in [0.1, 0.15) is 33.5 Å². The molecular formula is C17H30N4O3. The van der Waals surface area contributed by atoms with Crippen LogP contribution in [-0.2, 0) is 11.2 Å². The first-order chi connectivity index (χ1) is 11.4. The molecule has 136 valence electrons. The minimum atomic E-state index is -0.485. The standard InChI is InChI=1S/C17H30N4O3/c1-6-21(16(22)24-17(2,3)4)12-11-20-15(18-5)19-10-9-14-8-7-13-23-14/h7-8,13H,6,9-12H2,1-5H3,(H2,18,19,20). The number of nitrogens with zero attached hydrogens (tertiary/aromatic N) is 2. The molecule has 0 saturated heterocycles. The first kappa shape index (κ1) is 19.9. The topological polar surface area (TPSA) is 79.1 Å². The van der Waals surface area contributed by atoms with Gasteiger partial charge in [-0.1, -0.05) is 0 Å². The van der Waals surface area contributed by atoms with Gasteiger partial charge in [0.15, 0.2) is 5.96 Å². The summed E-state index contributed by atoms with van der Waals surface area (Å²) < 4.78 is 10.7. The number of amides is 1. The van der Waals surface area contributed by atoms with Crippen molar-refractivity contribution in [3.8, 4) is 0 Å². The van der Waals surface area contributed by atoms with E-state index in [1.165, 1.54) is 0 Å². The van der Waals surface area contributed by atoms with E-state index in [-0.39, 0.29) is 6.09 Å². The van der Waals surface area contributed by atoms with Gasteiger partial charge in [-0.15, -0.1) is 0 Å². The summed E-state index contributed by atoms with van der Waals surface area (Å²) in [5.74, 6) is 1.63. The Labute approximate surface area is 144 Å². The summed E-state index contributed by atoms with van der Waals surface area (Å²) in [5, 5.41) is 6.40. The zero-order chi connectivity index (χ0) is 18.0. The molecule has 0 aromatic carbocycles. The van der Waals surface area contributed by atoms with Crippen LogP contribution in [0.25, 0.3) is 0 Å². The van der Waals surface area contributed by atoms with Crippen molar-refractivity contribution in [2.75, 3.05) is 33.2 Å². The molecule has 0 bridgehead atoms. The Balaban J connectivity index is 2.30. The molecule has 7 nitrogen and oxygen atoms in total. The van der Waals surface area contributed by atoms with Crippen molar-refractivity contribution in [3.05, 3.63) is 24.2 Å². The highest BCUT2D eigenvalue weighted by Gasteiger charge is 2.20. The predicted octanol–water partition coefficient (Wildman–Crippen LogP) is 2.24. The first-order valence-electron chi connectivity index (χ1n) is 8.30. The Hall–Kier alpha value is -2.18. The molecule has 0 spiro atoms. The van der Waals surface area contributed by atoms with Crippen molar-refractivity contribution in [1.82, 2.24) is 15.5 Å². The Morgan fingerprint density at radius 2 is 2.04 bits per heavy atom. The van der Waals surface area contributed by atoms with Gasteiger partial charge < -0.3 is 24.7 Å². The van der Waals surface area contributed by atoms with E-state index in [0.717, 1.165) is 18.7 Å². The van der Waals surface area contributed by atoms with Crippen LogP contribution in [0.4, 0.5) is 4.79 Å². The molecule has 0 aliphatic heterocycles. The fourth-order valence-corrected chi connectivity index (χ4v) is 1.99. The monoisotopic (exact) mass is 338 g/mol. The van der Waals surface area contributed by atoms with Crippen LogP contribution in [0.15, 0.2) is 27.8 Å². The number of ether oxygens (including phenoxy) is 1. The molecule has 1 aromatic heterocycles. The third kappa shape index (κ3) is 7.89. The minimum absolute atomic E-state index is 0.299. The van der Waals surface area contributed by atoms with E-state index in [1.54, 1.807) is 18.2 Å². The van der Waals surface area contributed by atoms with Crippen LogP contribution >= 0.6 is 0 Å². The molecule has 1 aromatic rings. The van der Waals surface area contributed by atoms with E-state index in [2.05, 4.69) is 15.6 Å². The van der Waals surface area contributed by atoms with E-state index < -0.39 is 5.60 Å².